The third-order valence-electron chi connectivity index (χ3n) is 7.29. The van der Waals surface area contributed by atoms with Crippen LogP contribution in [0.15, 0.2) is 41.2 Å². The molecule has 11 heteroatoms. The SMILES string of the molecule is CCC1CN(C(CC)c2ccc(OC(F)(F)F)cc2)C(CC)CN1c1nc(=O)n(C)c2ccc(C#N)nc12. The van der Waals surface area contributed by atoms with Crippen molar-refractivity contribution < 1.29 is 17.9 Å². The van der Waals surface area contributed by atoms with Crippen molar-refractivity contribution in [1.82, 2.24) is 19.4 Å². The first-order valence-electron chi connectivity index (χ1n) is 12.8. The molecule has 1 aliphatic heterocycles. The molecule has 1 saturated heterocycles. The molecule has 0 bridgehead atoms. The number of benzene rings is 1. The highest BCUT2D eigenvalue weighted by molar-refractivity contribution is 5.86. The number of halogens is 3. The fourth-order valence-corrected chi connectivity index (χ4v) is 5.35. The van der Waals surface area contributed by atoms with Gasteiger partial charge >= 0.3 is 12.1 Å². The maximum absolute atomic E-state index is 12.8. The van der Waals surface area contributed by atoms with Gasteiger partial charge in [0.2, 0.25) is 0 Å². The van der Waals surface area contributed by atoms with Crippen LogP contribution in [0.1, 0.15) is 57.3 Å². The molecule has 3 heterocycles. The van der Waals surface area contributed by atoms with Crippen LogP contribution in [0.4, 0.5) is 19.0 Å². The molecule has 0 N–H and O–H groups in total. The average Bonchev–Trinajstić information content (AvgIpc) is 2.90. The smallest absolute Gasteiger partial charge is 0.406 e. The van der Waals surface area contributed by atoms with Crippen LogP contribution in [0, 0.1) is 11.3 Å². The molecule has 202 valence electrons. The first-order valence-corrected chi connectivity index (χ1v) is 12.8. The van der Waals surface area contributed by atoms with Crippen LogP contribution in [-0.2, 0) is 7.05 Å². The standard InChI is InChI=1S/C27H31F3N6O2/c1-5-19-16-36(25-24-23(34(4)26(37)33-25)13-10-18(14-31)32-24)20(6-2)15-35(19)22(7-3)17-8-11-21(12-9-17)38-27(28,29)30/h8-13,19-20,22H,5-7,15-16H2,1-4H3. The van der Waals surface area contributed by atoms with Crippen molar-refractivity contribution in [3.05, 3.63) is 58.1 Å². The van der Waals surface area contributed by atoms with E-state index in [-0.39, 0.29) is 29.6 Å². The Morgan fingerprint density at radius 3 is 2.32 bits per heavy atom. The van der Waals surface area contributed by atoms with E-state index in [4.69, 9.17) is 0 Å². The number of hydrogen-bond acceptors (Lipinski definition) is 7. The van der Waals surface area contributed by atoms with Crippen molar-refractivity contribution in [1.29, 1.82) is 5.26 Å². The number of hydrogen-bond donors (Lipinski definition) is 0. The number of nitrogens with zero attached hydrogens (tertiary/aromatic N) is 6. The van der Waals surface area contributed by atoms with Gasteiger partial charge in [-0.05, 0) is 49.1 Å². The predicted octanol–water partition coefficient (Wildman–Crippen LogP) is 4.93. The third kappa shape index (κ3) is 5.45. The third-order valence-corrected chi connectivity index (χ3v) is 7.29. The number of anilines is 1. The lowest BCUT2D eigenvalue weighted by molar-refractivity contribution is -0.274. The van der Waals surface area contributed by atoms with Gasteiger partial charge in [-0.15, -0.1) is 13.2 Å². The van der Waals surface area contributed by atoms with E-state index in [1.165, 1.54) is 16.7 Å². The second-order valence-corrected chi connectivity index (χ2v) is 9.47. The Hall–Kier alpha value is -3.65. The number of ether oxygens (including phenoxy) is 1. The number of aromatic nitrogens is 3. The molecule has 0 saturated carbocycles. The van der Waals surface area contributed by atoms with Crippen molar-refractivity contribution in [3.8, 4) is 11.8 Å². The monoisotopic (exact) mass is 528 g/mol. The fourth-order valence-electron chi connectivity index (χ4n) is 5.35. The van der Waals surface area contributed by atoms with Gasteiger partial charge in [0.05, 0.1) is 5.52 Å². The molecule has 2 aromatic heterocycles. The van der Waals surface area contributed by atoms with Gasteiger partial charge in [0, 0.05) is 38.3 Å². The molecule has 0 aliphatic carbocycles. The molecule has 3 unspecified atom stereocenters. The molecule has 3 atom stereocenters. The van der Waals surface area contributed by atoms with Crippen LogP contribution in [0.5, 0.6) is 5.75 Å². The summed E-state index contributed by atoms with van der Waals surface area (Å²) in [7, 11) is 1.64. The molecule has 1 fully saturated rings. The van der Waals surface area contributed by atoms with Crippen molar-refractivity contribution >= 4 is 16.9 Å². The van der Waals surface area contributed by atoms with E-state index in [0.29, 0.717) is 29.9 Å². The van der Waals surface area contributed by atoms with Crippen LogP contribution >= 0.6 is 0 Å². The van der Waals surface area contributed by atoms with Gasteiger partial charge in [-0.2, -0.15) is 10.2 Å². The highest BCUT2D eigenvalue weighted by atomic mass is 19.4. The van der Waals surface area contributed by atoms with E-state index in [2.05, 4.69) is 51.3 Å². The number of alkyl halides is 3. The number of nitriles is 1. The lowest BCUT2D eigenvalue weighted by Gasteiger charge is -2.49. The molecular formula is C27H31F3N6O2. The molecular weight excluding hydrogens is 497 g/mol. The summed E-state index contributed by atoms with van der Waals surface area (Å²) < 4.78 is 43.3. The summed E-state index contributed by atoms with van der Waals surface area (Å²) in [6.45, 7) is 7.49. The van der Waals surface area contributed by atoms with Crippen molar-refractivity contribution in [2.75, 3.05) is 18.0 Å². The molecule has 1 aromatic carbocycles. The highest BCUT2D eigenvalue weighted by Gasteiger charge is 2.38. The van der Waals surface area contributed by atoms with Crippen LogP contribution in [-0.4, -0.2) is 51.0 Å². The number of fused-ring (bicyclic) bond motifs is 1. The Kier molecular flexibility index (Phi) is 7.92. The first-order chi connectivity index (χ1) is 18.1. The van der Waals surface area contributed by atoms with Crippen LogP contribution in [0.2, 0.25) is 0 Å². The van der Waals surface area contributed by atoms with E-state index in [1.54, 1.807) is 31.3 Å². The summed E-state index contributed by atoms with van der Waals surface area (Å²) in [5.74, 6) is 0.235. The second kappa shape index (κ2) is 11.0. The normalized spacial score (nSPS) is 19.4. The predicted molar refractivity (Wildman–Crippen MR) is 138 cm³/mol. The van der Waals surface area contributed by atoms with E-state index in [1.807, 2.05) is 0 Å². The number of rotatable bonds is 7. The van der Waals surface area contributed by atoms with E-state index >= 15 is 0 Å². The minimum absolute atomic E-state index is 0.00671. The van der Waals surface area contributed by atoms with E-state index < -0.39 is 12.1 Å². The molecule has 8 nitrogen and oxygen atoms in total. The second-order valence-electron chi connectivity index (χ2n) is 9.47. The van der Waals surface area contributed by atoms with Gasteiger partial charge in [-0.1, -0.05) is 32.9 Å². The van der Waals surface area contributed by atoms with Gasteiger partial charge in [0.25, 0.3) is 0 Å². The Morgan fingerprint density at radius 1 is 1.05 bits per heavy atom. The molecule has 1 aliphatic rings. The van der Waals surface area contributed by atoms with Crippen molar-refractivity contribution in [3.63, 3.8) is 0 Å². The van der Waals surface area contributed by atoms with E-state index in [0.717, 1.165) is 24.8 Å². The first kappa shape index (κ1) is 27.4. The number of piperazine rings is 1. The lowest BCUT2D eigenvalue weighted by Crippen LogP contribution is -2.59. The van der Waals surface area contributed by atoms with Crippen LogP contribution in [0.25, 0.3) is 11.0 Å². The summed E-state index contributed by atoms with van der Waals surface area (Å²) in [6, 6.07) is 11.6. The van der Waals surface area contributed by atoms with Gasteiger partial charge in [0.1, 0.15) is 23.0 Å². The summed E-state index contributed by atoms with van der Waals surface area (Å²) >= 11 is 0. The number of aryl methyl sites for hydroxylation is 1. The zero-order valence-corrected chi connectivity index (χ0v) is 21.9. The van der Waals surface area contributed by atoms with Crippen molar-refractivity contribution in [2.45, 2.75) is 64.5 Å². The zero-order valence-electron chi connectivity index (χ0n) is 21.9. The maximum atomic E-state index is 12.8. The average molecular weight is 529 g/mol. The van der Waals surface area contributed by atoms with Gasteiger partial charge in [-0.25, -0.2) is 9.78 Å². The van der Waals surface area contributed by atoms with Gasteiger partial charge in [-0.3, -0.25) is 9.47 Å². The van der Waals surface area contributed by atoms with Crippen molar-refractivity contribution in [2.24, 2.45) is 7.05 Å². The van der Waals surface area contributed by atoms with Gasteiger partial charge < -0.3 is 9.64 Å². The lowest BCUT2D eigenvalue weighted by atomic mass is 9.95. The quantitative estimate of drug-likeness (QED) is 0.430. The van der Waals surface area contributed by atoms with Crippen LogP contribution in [0.3, 0.4) is 0 Å². The van der Waals surface area contributed by atoms with Gasteiger partial charge in [0.15, 0.2) is 5.82 Å². The Balaban J connectivity index is 1.69. The Labute approximate surface area is 219 Å². The maximum Gasteiger partial charge on any atom is 0.573 e. The molecule has 4 rings (SSSR count). The largest absolute Gasteiger partial charge is 0.573 e. The number of pyridine rings is 1. The highest BCUT2D eigenvalue weighted by Crippen LogP contribution is 2.35. The van der Waals surface area contributed by atoms with E-state index in [9.17, 15) is 23.2 Å². The molecule has 0 radical (unpaired) electrons. The van der Waals surface area contributed by atoms with Crippen LogP contribution < -0.4 is 15.3 Å². The zero-order chi connectivity index (χ0) is 27.6. The summed E-state index contributed by atoms with van der Waals surface area (Å²) in [4.78, 5) is 26.2. The fraction of sp³-hybridized carbons (Fsp3) is 0.481. The summed E-state index contributed by atoms with van der Waals surface area (Å²) in [5, 5.41) is 9.42. The molecule has 3 aromatic rings. The summed E-state index contributed by atoms with van der Waals surface area (Å²) in [5.41, 5.74) is 1.90. The molecule has 0 amide bonds. The molecule has 38 heavy (non-hydrogen) atoms. The Bertz CT molecular complexity index is 1380. The topological polar surface area (TPSA) is 87.3 Å². The minimum Gasteiger partial charge on any atom is -0.406 e. The minimum atomic E-state index is -4.73. The Morgan fingerprint density at radius 2 is 1.74 bits per heavy atom. The summed E-state index contributed by atoms with van der Waals surface area (Å²) in [6.07, 6.45) is -2.37. The molecule has 0 spiro atoms.